The number of fused-ring (bicyclic) bond motifs is 1. The van der Waals surface area contributed by atoms with Crippen LogP contribution in [0.3, 0.4) is 0 Å². The largest absolute Gasteiger partial charge is 0.394 e. The van der Waals surface area contributed by atoms with Crippen molar-refractivity contribution in [2.45, 2.75) is 37.4 Å². The molecule has 3 aliphatic rings. The van der Waals surface area contributed by atoms with E-state index in [2.05, 4.69) is 25.3 Å². The van der Waals surface area contributed by atoms with Crippen LogP contribution in [0.15, 0.2) is 20.0 Å². The van der Waals surface area contributed by atoms with Crippen molar-refractivity contribution in [2.75, 3.05) is 6.61 Å². The fraction of sp³-hybridized carbons (Fsp3) is 0.636. The second-order valence-corrected chi connectivity index (χ2v) is 4.78. The van der Waals surface area contributed by atoms with Crippen LogP contribution in [0, 0.1) is 0 Å². The lowest BCUT2D eigenvalue weighted by Gasteiger charge is -2.30. The minimum atomic E-state index is -0.789. The highest BCUT2D eigenvalue weighted by molar-refractivity contribution is 6.50. The topological polar surface area (TPSA) is 111 Å². The monoisotopic (exact) mass is 265 g/mol. The van der Waals surface area contributed by atoms with Crippen molar-refractivity contribution < 1.29 is 14.9 Å². The number of nitrogens with one attached hydrogen (secondary N) is 1. The van der Waals surface area contributed by atoms with Gasteiger partial charge in [-0.2, -0.15) is 0 Å². The number of amidine groups is 1. The van der Waals surface area contributed by atoms with Gasteiger partial charge in [-0.15, -0.1) is 0 Å². The summed E-state index contributed by atoms with van der Waals surface area (Å²) in [6.07, 6.45) is 1.59. The highest BCUT2D eigenvalue weighted by Crippen LogP contribution is 2.24. The Morgan fingerprint density at radius 3 is 3.05 bits per heavy atom. The van der Waals surface area contributed by atoms with E-state index >= 15 is 0 Å². The second kappa shape index (κ2) is 4.57. The molecule has 8 heteroatoms. The highest BCUT2D eigenvalue weighted by atomic mass is 16.5. The average molecular weight is 265 g/mol. The zero-order valence-electron chi connectivity index (χ0n) is 10.4. The van der Waals surface area contributed by atoms with Crippen LogP contribution < -0.4 is 5.32 Å². The smallest absolute Gasteiger partial charge is 0.180 e. The Kier molecular flexibility index (Phi) is 3.02. The maximum absolute atomic E-state index is 9.72. The molecule has 0 saturated carbocycles. The van der Waals surface area contributed by atoms with Gasteiger partial charge in [-0.3, -0.25) is 5.32 Å². The van der Waals surface area contributed by atoms with Gasteiger partial charge in [-0.1, -0.05) is 0 Å². The summed E-state index contributed by atoms with van der Waals surface area (Å²) < 4.78 is 5.52. The molecule has 0 aromatic rings. The van der Waals surface area contributed by atoms with E-state index in [0.29, 0.717) is 18.0 Å². The van der Waals surface area contributed by atoms with Gasteiger partial charge in [0.15, 0.2) is 11.5 Å². The number of hydrogen-bond donors (Lipinski definition) is 3. The molecule has 0 spiro atoms. The molecule has 3 aliphatic heterocycles. The standard InChI is InChI=1S/C11H15N5O3/c1-11(9-10(13-4-12-9)14-5-15-11)16-8-2-6(18)7(3-17)19-8/h4-8,16-18H,2-3H2,1H3/t6-,7+,8+,11+/m0/s1. The predicted molar refractivity (Wildman–Crippen MR) is 69.8 cm³/mol. The molecule has 0 unspecified atom stereocenters. The minimum Gasteiger partial charge on any atom is -0.394 e. The van der Waals surface area contributed by atoms with Crippen LogP contribution in [0.25, 0.3) is 0 Å². The van der Waals surface area contributed by atoms with Crippen molar-refractivity contribution in [3.63, 3.8) is 0 Å². The average Bonchev–Trinajstić information content (AvgIpc) is 2.96. The summed E-state index contributed by atoms with van der Waals surface area (Å²) in [6.45, 7) is 1.63. The molecule has 0 amide bonds. The van der Waals surface area contributed by atoms with E-state index in [0.717, 1.165) is 0 Å². The number of rotatable bonds is 3. The Balaban J connectivity index is 1.74. The van der Waals surface area contributed by atoms with Gasteiger partial charge < -0.3 is 14.9 Å². The van der Waals surface area contributed by atoms with Gasteiger partial charge in [0.25, 0.3) is 0 Å². The number of hydrogen-bond acceptors (Lipinski definition) is 8. The van der Waals surface area contributed by atoms with E-state index in [-0.39, 0.29) is 6.61 Å². The van der Waals surface area contributed by atoms with Crippen molar-refractivity contribution in [1.82, 2.24) is 5.32 Å². The Hall–Kier alpha value is -1.48. The normalized spacial score (nSPS) is 40.3. The van der Waals surface area contributed by atoms with Crippen LogP contribution in [-0.4, -0.2) is 65.1 Å². The fourth-order valence-corrected chi connectivity index (χ4v) is 2.36. The zero-order chi connectivity index (χ0) is 13.5. The summed E-state index contributed by atoms with van der Waals surface area (Å²) in [5.41, 5.74) is -0.164. The van der Waals surface area contributed by atoms with E-state index in [1.54, 1.807) is 0 Å². The quantitative estimate of drug-likeness (QED) is 0.588. The van der Waals surface area contributed by atoms with Gasteiger partial charge in [0.05, 0.1) is 12.7 Å². The van der Waals surface area contributed by atoms with E-state index in [4.69, 9.17) is 9.84 Å². The van der Waals surface area contributed by atoms with E-state index in [1.807, 2.05) is 6.92 Å². The van der Waals surface area contributed by atoms with Gasteiger partial charge in [-0.05, 0) is 6.92 Å². The van der Waals surface area contributed by atoms with Crippen molar-refractivity contribution in [3.05, 3.63) is 0 Å². The molecule has 0 aliphatic carbocycles. The number of aliphatic hydroxyl groups excluding tert-OH is 2. The molecule has 1 fully saturated rings. The Morgan fingerprint density at radius 2 is 2.32 bits per heavy atom. The first-order chi connectivity index (χ1) is 9.12. The third kappa shape index (κ3) is 2.12. The summed E-state index contributed by atoms with van der Waals surface area (Å²) in [6, 6.07) is 0. The maximum atomic E-state index is 9.72. The zero-order valence-corrected chi connectivity index (χ0v) is 10.4. The van der Waals surface area contributed by atoms with Gasteiger partial charge in [-0.25, -0.2) is 20.0 Å². The van der Waals surface area contributed by atoms with Crippen LogP contribution in [0.2, 0.25) is 0 Å². The molecule has 3 heterocycles. The summed E-state index contributed by atoms with van der Waals surface area (Å²) in [5.74, 6) is 0.530. The number of ether oxygens (including phenoxy) is 1. The van der Waals surface area contributed by atoms with Crippen LogP contribution in [0.5, 0.6) is 0 Å². The summed E-state index contributed by atoms with van der Waals surface area (Å²) in [4.78, 5) is 16.5. The fourth-order valence-electron chi connectivity index (χ4n) is 2.36. The molecular formula is C11H15N5O3. The molecule has 8 nitrogen and oxygen atoms in total. The lowest BCUT2D eigenvalue weighted by Crippen LogP contribution is -2.55. The highest BCUT2D eigenvalue weighted by Gasteiger charge is 2.42. The Morgan fingerprint density at radius 1 is 1.47 bits per heavy atom. The van der Waals surface area contributed by atoms with Crippen LogP contribution in [-0.2, 0) is 4.74 Å². The molecule has 0 bridgehead atoms. The van der Waals surface area contributed by atoms with Gasteiger partial charge in [0.1, 0.15) is 30.7 Å². The van der Waals surface area contributed by atoms with Gasteiger partial charge >= 0.3 is 0 Å². The van der Waals surface area contributed by atoms with Gasteiger partial charge in [0, 0.05) is 6.42 Å². The van der Waals surface area contributed by atoms with Gasteiger partial charge in [0.2, 0.25) is 0 Å². The summed E-state index contributed by atoms with van der Waals surface area (Å²) >= 11 is 0. The van der Waals surface area contributed by atoms with Crippen LogP contribution >= 0.6 is 0 Å². The lowest BCUT2D eigenvalue weighted by molar-refractivity contribution is -0.0353. The number of aliphatic imine (C=N–C) groups is 4. The Bertz CT molecular complexity index is 501. The summed E-state index contributed by atoms with van der Waals surface area (Å²) in [7, 11) is 0. The minimum absolute atomic E-state index is 0.212. The maximum Gasteiger partial charge on any atom is 0.180 e. The molecule has 0 radical (unpaired) electrons. The first-order valence-electron chi connectivity index (χ1n) is 6.07. The molecule has 0 aromatic carbocycles. The van der Waals surface area contributed by atoms with Crippen molar-refractivity contribution in [1.29, 1.82) is 0 Å². The first kappa shape index (κ1) is 12.5. The second-order valence-electron chi connectivity index (χ2n) is 4.78. The molecule has 102 valence electrons. The third-order valence-corrected chi connectivity index (χ3v) is 3.38. The molecule has 19 heavy (non-hydrogen) atoms. The molecule has 3 rings (SSSR count). The van der Waals surface area contributed by atoms with Crippen LogP contribution in [0.4, 0.5) is 0 Å². The molecular weight excluding hydrogens is 250 g/mol. The first-order valence-corrected chi connectivity index (χ1v) is 6.07. The van der Waals surface area contributed by atoms with Crippen molar-refractivity contribution in [3.8, 4) is 0 Å². The molecule has 3 N–H and O–H groups in total. The number of nitrogens with zero attached hydrogens (tertiary/aromatic N) is 4. The Labute approximate surface area is 109 Å². The summed E-state index contributed by atoms with van der Waals surface area (Å²) in [5, 5.41) is 22.0. The molecule has 4 atom stereocenters. The molecule has 0 aromatic heterocycles. The van der Waals surface area contributed by atoms with Crippen LogP contribution in [0.1, 0.15) is 13.3 Å². The van der Waals surface area contributed by atoms with E-state index in [1.165, 1.54) is 12.7 Å². The van der Waals surface area contributed by atoms with E-state index in [9.17, 15) is 5.11 Å². The van der Waals surface area contributed by atoms with E-state index < -0.39 is 24.1 Å². The third-order valence-electron chi connectivity index (χ3n) is 3.38. The predicted octanol–water partition coefficient (Wildman–Crippen LogP) is -1.32. The van der Waals surface area contributed by atoms with Crippen molar-refractivity contribution >= 4 is 24.2 Å². The molecule has 1 saturated heterocycles. The van der Waals surface area contributed by atoms with Crippen molar-refractivity contribution in [2.24, 2.45) is 20.0 Å². The lowest BCUT2D eigenvalue weighted by atomic mass is 10.0. The SMILES string of the molecule is C[C@]1(N[C@H]2C[C@H](O)[C@@H](CO)O2)N=CN=C2N=CN=C21. The number of aliphatic hydroxyl groups is 2.